The van der Waals surface area contributed by atoms with E-state index in [1.165, 1.54) is 18.6 Å². The molecule has 0 aromatic rings. The maximum atomic E-state index is 11.3. The SMILES string of the molecule is N=C/C=C/C(=O)N1CCCCC1. The number of carbonyl (C=O) groups is 1. The number of nitrogens with zero attached hydrogens (tertiary/aromatic N) is 1. The normalized spacial score (nSPS) is 18.2. The minimum absolute atomic E-state index is 0.0400. The Kier molecular flexibility index (Phi) is 3.51. The molecule has 1 amide bonds. The van der Waals surface area contributed by atoms with Gasteiger partial charge in [0.05, 0.1) is 0 Å². The van der Waals surface area contributed by atoms with Gasteiger partial charge in [0.2, 0.25) is 5.91 Å². The highest BCUT2D eigenvalue weighted by Gasteiger charge is 2.12. The van der Waals surface area contributed by atoms with Crippen molar-refractivity contribution < 1.29 is 4.79 Å². The topological polar surface area (TPSA) is 44.2 Å². The average molecular weight is 166 g/mol. The Labute approximate surface area is 72.6 Å². The molecule has 1 rings (SSSR count). The van der Waals surface area contributed by atoms with Gasteiger partial charge in [-0.25, -0.2) is 0 Å². The zero-order chi connectivity index (χ0) is 8.81. The summed E-state index contributed by atoms with van der Waals surface area (Å²) in [5.41, 5.74) is 0. The quantitative estimate of drug-likeness (QED) is 0.486. The molecule has 1 heterocycles. The fourth-order valence-corrected chi connectivity index (χ4v) is 1.35. The van der Waals surface area contributed by atoms with E-state index < -0.39 is 0 Å². The molecule has 0 aromatic carbocycles. The first kappa shape index (κ1) is 8.97. The molecule has 0 atom stereocenters. The van der Waals surface area contributed by atoms with E-state index in [2.05, 4.69) is 0 Å². The Morgan fingerprint density at radius 1 is 1.25 bits per heavy atom. The van der Waals surface area contributed by atoms with Gasteiger partial charge in [-0.2, -0.15) is 0 Å². The van der Waals surface area contributed by atoms with Gasteiger partial charge in [-0.15, -0.1) is 0 Å². The maximum Gasteiger partial charge on any atom is 0.246 e. The third-order valence-electron chi connectivity index (χ3n) is 2.00. The molecule has 0 unspecified atom stereocenters. The predicted molar refractivity (Wildman–Crippen MR) is 48.4 cm³/mol. The molecule has 12 heavy (non-hydrogen) atoms. The number of amides is 1. The molecule has 66 valence electrons. The average Bonchev–Trinajstić information content (AvgIpc) is 2.15. The number of hydrogen-bond acceptors (Lipinski definition) is 2. The Balaban J connectivity index is 2.39. The van der Waals surface area contributed by atoms with E-state index >= 15 is 0 Å². The first-order chi connectivity index (χ1) is 5.84. The van der Waals surface area contributed by atoms with Gasteiger partial charge in [0.15, 0.2) is 0 Å². The van der Waals surface area contributed by atoms with Gasteiger partial charge in [-0.05, 0) is 25.3 Å². The van der Waals surface area contributed by atoms with Crippen LogP contribution < -0.4 is 0 Å². The molecular formula is C9H14N2O. The molecule has 1 aliphatic heterocycles. The lowest BCUT2D eigenvalue weighted by molar-refractivity contribution is -0.126. The van der Waals surface area contributed by atoms with Crippen molar-refractivity contribution >= 4 is 12.1 Å². The van der Waals surface area contributed by atoms with Crippen molar-refractivity contribution in [1.29, 1.82) is 5.41 Å². The fourth-order valence-electron chi connectivity index (χ4n) is 1.35. The van der Waals surface area contributed by atoms with Gasteiger partial charge in [-0.1, -0.05) is 0 Å². The highest BCUT2D eigenvalue weighted by Crippen LogP contribution is 2.08. The van der Waals surface area contributed by atoms with E-state index in [-0.39, 0.29) is 5.91 Å². The van der Waals surface area contributed by atoms with E-state index in [4.69, 9.17) is 5.41 Å². The third-order valence-corrected chi connectivity index (χ3v) is 2.00. The van der Waals surface area contributed by atoms with Crippen molar-refractivity contribution in [1.82, 2.24) is 4.90 Å². The molecule has 0 spiro atoms. The second-order valence-electron chi connectivity index (χ2n) is 2.91. The highest BCUT2D eigenvalue weighted by atomic mass is 16.2. The Morgan fingerprint density at radius 2 is 1.92 bits per heavy atom. The van der Waals surface area contributed by atoms with Crippen LogP contribution in [0.3, 0.4) is 0 Å². The monoisotopic (exact) mass is 166 g/mol. The molecule has 3 nitrogen and oxygen atoms in total. The van der Waals surface area contributed by atoms with Crippen LogP contribution in [0.1, 0.15) is 19.3 Å². The van der Waals surface area contributed by atoms with Crippen LogP contribution in [-0.2, 0) is 4.79 Å². The summed E-state index contributed by atoms with van der Waals surface area (Å²) in [5, 5.41) is 6.73. The van der Waals surface area contributed by atoms with E-state index in [1.807, 2.05) is 4.90 Å². The second kappa shape index (κ2) is 4.70. The zero-order valence-corrected chi connectivity index (χ0v) is 7.12. The van der Waals surface area contributed by atoms with Crippen molar-refractivity contribution in [2.75, 3.05) is 13.1 Å². The van der Waals surface area contributed by atoms with E-state index in [9.17, 15) is 4.79 Å². The summed E-state index contributed by atoms with van der Waals surface area (Å²) in [7, 11) is 0. The second-order valence-corrected chi connectivity index (χ2v) is 2.91. The largest absolute Gasteiger partial charge is 0.339 e. The third kappa shape index (κ3) is 2.49. The molecule has 1 aliphatic rings. The number of allylic oxidation sites excluding steroid dienone is 1. The van der Waals surface area contributed by atoms with Crippen molar-refractivity contribution in [2.45, 2.75) is 19.3 Å². The number of hydrogen-bond donors (Lipinski definition) is 1. The standard InChI is InChI=1S/C9H14N2O/c10-6-4-5-9(12)11-7-2-1-3-8-11/h4-6,10H,1-3,7-8H2/b5-4+,10-6?. The van der Waals surface area contributed by atoms with E-state index in [0.29, 0.717) is 0 Å². The summed E-state index contributed by atoms with van der Waals surface area (Å²) >= 11 is 0. The van der Waals surface area contributed by atoms with Crippen molar-refractivity contribution in [3.05, 3.63) is 12.2 Å². The van der Waals surface area contributed by atoms with Crippen LogP contribution in [0.2, 0.25) is 0 Å². The van der Waals surface area contributed by atoms with Crippen LogP contribution in [0.4, 0.5) is 0 Å². The van der Waals surface area contributed by atoms with Crippen LogP contribution in [-0.4, -0.2) is 30.1 Å². The van der Waals surface area contributed by atoms with Crippen LogP contribution in [0.25, 0.3) is 0 Å². The van der Waals surface area contributed by atoms with Crippen LogP contribution >= 0.6 is 0 Å². The predicted octanol–water partition coefficient (Wildman–Crippen LogP) is 1.20. The molecule has 1 saturated heterocycles. The molecular weight excluding hydrogens is 152 g/mol. The molecule has 3 heteroatoms. The van der Waals surface area contributed by atoms with Gasteiger partial charge in [0.1, 0.15) is 0 Å². The smallest absolute Gasteiger partial charge is 0.246 e. The van der Waals surface area contributed by atoms with Gasteiger partial charge in [-0.3, -0.25) is 4.79 Å². The number of likely N-dealkylation sites (tertiary alicyclic amines) is 1. The lowest BCUT2D eigenvalue weighted by atomic mass is 10.1. The van der Waals surface area contributed by atoms with Gasteiger partial charge in [0, 0.05) is 25.4 Å². The van der Waals surface area contributed by atoms with Crippen LogP contribution in [0.5, 0.6) is 0 Å². The summed E-state index contributed by atoms with van der Waals surface area (Å²) < 4.78 is 0. The maximum absolute atomic E-state index is 11.3. The molecule has 0 bridgehead atoms. The summed E-state index contributed by atoms with van der Waals surface area (Å²) in [4.78, 5) is 13.1. The summed E-state index contributed by atoms with van der Waals surface area (Å²) in [6, 6.07) is 0. The molecule has 1 N–H and O–H groups in total. The molecule has 0 radical (unpaired) electrons. The molecule has 1 fully saturated rings. The van der Waals surface area contributed by atoms with Gasteiger partial charge in [0.25, 0.3) is 0 Å². The van der Waals surface area contributed by atoms with Crippen molar-refractivity contribution in [3.63, 3.8) is 0 Å². The Bertz CT molecular complexity index is 193. The van der Waals surface area contributed by atoms with Gasteiger partial charge < -0.3 is 10.3 Å². The first-order valence-corrected chi connectivity index (χ1v) is 4.30. The lowest BCUT2D eigenvalue weighted by Crippen LogP contribution is -2.34. The number of carbonyl (C=O) groups excluding carboxylic acids is 1. The number of nitrogens with one attached hydrogen (secondary N) is 1. The van der Waals surface area contributed by atoms with Crippen LogP contribution in [0, 0.1) is 5.41 Å². The van der Waals surface area contributed by atoms with Gasteiger partial charge >= 0.3 is 0 Å². The first-order valence-electron chi connectivity index (χ1n) is 4.30. The van der Waals surface area contributed by atoms with E-state index in [0.717, 1.165) is 32.1 Å². The summed E-state index contributed by atoms with van der Waals surface area (Å²) in [6.07, 6.45) is 7.52. The summed E-state index contributed by atoms with van der Waals surface area (Å²) in [5.74, 6) is 0.0400. The zero-order valence-electron chi connectivity index (χ0n) is 7.12. The lowest BCUT2D eigenvalue weighted by Gasteiger charge is -2.25. The fraction of sp³-hybridized carbons (Fsp3) is 0.556. The number of rotatable bonds is 2. The van der Waals surface area contributed by atoms with Crippen molar-refractivity contribution in [3.8, 4) is 0 Å². The van der Waals surface area contributed by atoms with E-state index in [1.54, 1.807) is 0 Å². The van der Waals surface area contributed by atoms with Crippen molar-refractivity contribution in [2.24, 2.45) is 0 Å². The molecule has 0 aliphatic carbocycles. The number of piperidine rings is 1. The molecule has 0 saturated carbocycles. The molecule has 0 aromatic heterocycles. The Hall–Kier alpha value is -1.12. The minimum Gasteiger partial charge on any atom is -0.339 e. The van der Waals surface area contributed by atoms with Crippen LogP contribution in [0.15, 0.2) is 12.2 Å². The Morgan fingerprint density at radius 3 is 2.50 bits per heavy atom. The summed E-state index contributed by atoms with van der Waals surface area (Å²) in [6.45, 7) is 1.75. The minimum atomic E-state index is 0.0400. The highest BCUT2D eigenvalue weighted by molar-refractivity contribution is 5.91.